The van der Waals surface area contributed by atoms with Gasteiger partial charge in [-0.25, -0.2) is 9.69 Å². The second-order valence-electron chi connectivity index (χ2n) is 11.5. The Bertz CT molecular complexity index is 874. The van der Waals surface area contributed by atoms with E-state index in [0.717, 1.165) is 4.90 Å². The first-order chi connectivity index (χ1) is 16.5. The number of nitrogens with one attached hydrogen (secondary N) is 1. The van der Waals surface area contributed by atoms with Crippen molar-refractivity contribution in [2.24, 2.45) is 11.8 Å². The average Bonchev–Trinajstić information content (AvgIpc) is 3.21. The highest BCUT2D eigenvalue weighted by Gasteiger charge is 2.58. The molecule has 2 fully saturated rings. The van der Waals surface area contributed by atoms with Gasteiger partial charge in [0, 0.05) is 31.8 Å². The molecule has 6 atom stereocenters. The Morgan fingerprint density at radius 3 is 2.42 bits per heavy atom. The zero-order valence-electron chi connectivity index (χ0n) is 23.1. The van der Waals surface area contributed by atoms with Crippen LogP contribution in [0.1, 0.15) is 41.0 Å². The van der Waals surface area contributed by atoms with Crippen LogP contribution in [-0.4, -0.2) is 91.8 Å². The molecule has 0 aromatic heterocycles. The molecule has 3 amide bonds. The first-order valence-electron chi connectivity index (χ1n) is 12.5. The van der Waals surface area contributed by atoms with Crippen LogP contribution in [0.3, 0.4) is 0 Å². The van der Waals surface area contributed by atoms with Crippen molar-refractivity contribution in [1.29, 1.82) is 0 Å². The van der Waals surface area contributed by atoms with Crippen molar-refractivity contribution in [2.75, 3.05) is 27.2 Å². The Kier molecular flexibility index (Phi) is 10.00. The Balaban J connectivity index is 2.19. The fourth-order valence-corrected chi connectivity index (χ4v) is 6.96. The molecule has 2 aliphatic rings. The maximum Gasteiger partial charge on any atom is 0.417 e. The van der Waals surface area contributed by atoms with Gasteiger partial charge in [0.05, 0.1) is 24.1 Å². The van der Waals surface area contributed by atoms with Gasteiger partial charge in [-0.1, -0.05) is 52.1 Å². The van der Waals surface area contributed by atoms with E-state index in [0.29, 0.717) is 13.0 Å². The number of rotatable bonds is 9. The molecule has 2 saturated heterocycles. The van der Waals surface area contributed by atoms with Crippen LogP contribution in [-0.2, 0) is 23.5 Å². The Hall–Kier alpha value is -1.69. The molecule has 0 aromatic rings. The van der Waals surface area contributed by atoms with Crippen molar-refractivity contribution in [1.82, 2.24) is 15.1 Å². The third-order valence-electron chi connectivity index (χ3n) is 7.50. The van der Waals surface area contributed by atoms with Crippen LogP contribution in [0.25, 0.3) is 0 Å². The van der Waals surface area contributed by atoms with Gasteiger partial charge in [0.2, 0.25) is 11.8 Å². The standard InChI is InChI=1S/C25H43N3O6SSi/c1-11-12-33-24(32)28-20(19(22(28)30)16(3)34-36(9,10)25(4,5)6)15(2)23(31)35-17-13-18(26-14-17)21(29)27(7)8/h11,15-20,26H,1,12-14H2,2-10H3/t15-,16-,17+,18+,19-,20-/m1/s1. The second-order valence-corrected chi connectivity index (χ2v) is 17.5. The molecule has 2 rings (SSSR count). The summed E-state index contributed by atoms with van der Waals surface area (Å²) in [7, 11) is 1.22. The van der Waals surface area contributed by atoms with Crippen LogP contribution < -0.4 is 5.32 Å². The largest absolute Gasteiger partial charge is 0.445 e. The fraction of sp³-hybridized carbons (Fsp3) is 0.760. The molecule has 0 aromatic carbocycles. The van der Waals surface area contributed by atoms with Crippen LogP contribution in [0.5, 0.6) is 0 Å². The van der Waals surface area contributed by atoms with E-state index in [2.05, 4.69) is 45.8 Å². The van der Waals surface area contributed by atoms with E-state index in [9.17, 15) is 19.2 Å². The summed E-state index contributed by atoms with van der Waals surface area (Å²) in [5.74, 6) is -1.65. The van der Waals surface area contributed by atoms with Crippen LogP contribution in [0, 0.1) is 11.8 Å². The average molecular weight is 542 g/mol. The van der Waals surface area contributed by atoms with Gasteiger partial charge in [0.25, 0.3) is 0 Å². The molecule has 2 aliphatic heterocycles. The first kappa shape index (κ1) is 30.5. The van der Waals surface area contributed by atoms with E-state index in [1.54, 1.807) is 21.0 Å². The van der Waals surface area contributed by atoms with Gasteiger partial charge >= 0.3 is 6.09 Å². The molecule has 36 heavy (non-hydrogen) atoms. The molecule has 0 radical (unpaired) electrons. The van der Waals surface area contributed by atoms with E-state index in [1.165, 1.54) is 22.7 Å². The quantitative estimate of drug-likeness (QED) is 0.269. The molecular weight excluding hydrogens is 498 g/mol. The predicted molar refractivity (Wildman–Crippen MR) is 144 cm³/mol. The van der Waals surface area contributed by atoms with E-state index in [4.69, 9.17) is 9.16 Å². The molecule has 9 nitrogen and oxygen atoms in total. The van der Waals surface area contributed by atoms with Gasteiger partial charge in [-0.2, -0.15) is 0 Å². The van der Waals surface area contributed by atoms with Gasteiger partial charge in [-0.15, -0.1) is 0 Å². The SMILES string of the molecule is C=CCOC(=O)N1C(=O)[C@H]([C@@H](C)O[Si](C)(C)C(C)(C)C)[C@H]1[C@@H](C)C(=O)S[C@@H]1CN[C@H](C(=O)N(C)C)C1. The number of likely N-dealkylation sites (tertiary alicyclic amines) is 1. The molecule has 0 spiro atoms. The summed E-state index contributed by atoms with van der Waals surface area (Å²) in [6, 6.07) is -0.981. The highest BCUT2D eigenvalue weighted by atomic mass is 32.2. The number of nitrogens with zero attached hydrogens (tertiary/aromatic N) is 2. The maximum atomic E-state index is 13.3. The molecule has 0 bridgehead atoms. The number of amides is 3. The second kappa shape index (κ2) is 11.8. The molecule has 11 heteroatoms. The van der Waals surface area contributed by atoms with Gasteiger partial charge < -0.3 is 19.4 Å². The van der Waals surface area contributed by atoms with Crippen molar-refractivity contribution in [3.63, 3.8) is 0 Å². The normalized spacial score (nSPS) is 26.1. The summed E-state index contributed by atoms with van der Waals surface area (Å²) >= 11 is 1.18. The van der Waals surface area contributed by atoms with Crippen LogP contribution >= 0.6 is 11.8 Å². The number of likely N-dealkylation sites (N-methyl/N-ethyl adjacent to an activating group) is 1. The number of carbonyl (C=O) groups is 4. The number of carbonyl (C=O) groups excluding carboxylic acids is 4. The lowest BCUT2D eigenvalue weighted by Crippen LogP contribution is -2.70. The van der Waals surface area contributed by atoms with E-state index in [-0.39, 0.29) is 39.9 Å². The lowest BCUT2D eigenvalue weighted by atomic mass is 9.77. The first-order valence-corrected chi connectivity index (χ1v) is 16.3. The lowest BCUT2D eigenvalue weighted by Gasteiger charge is -2.51. The highest BCUT2D eigenvalue weighted by Crippen LogP contribution is 2.43. The zero-order chi connectivity index (χ0) is 27.6. The van der Waals surface area contributed by atoms with E-state index >= 15 is 0 Å². The summed E-state index contributed by atoms with van der Waals surface area (Å²) < 4.78 is 11.6. The summed E-state index contributed by atoms with van der Waals surface area (Å²) in [6.45, 7) is 18.2. The Morgan fingerprint density at radius 2 is 1.89 bits per heavy atom. The predicted octanol–water partition coefficient (Wildman–Crippen LogP) is 3.26. The number of hydrogen-bond donors (Lipinski definition) is 1. The Labute approximate surface area is 220 Å². The minimum atomic E-state index is -2.20. The molecule has 204 valence electrons. The van der Waals surface area contributed by atoms with E-state index < -0.39 is 38.4 Å². The van der Waals surface area contributed by atoms with Gasteiger partial charge in [0.15, 0.2) is 13.4 Å². The van der Waals surface area contributed by atoms with Gasteiger partial charge in [-0.05, 0) is 31.5 Å². The molecule has 0 unspecified atom stereocenters. The minimum Gasteiger partial charge on any atom is -0.445 e. The van der Waals surface area contributed by atoms with Crippen molar-refractivity contribution in [2.45, 2.75) is 82.6 Å². The monoisotopic (exact) mass is 541 g/mol. The molecule has 0 aliphatic carbocycles. The smallest absolute Gasteiger partial charge is 0.417 e. The number of thioether (sulfide) groups is 1. The zero-order valence-corrected chi connectivity index (χ0v) is 24.9. The van der Waals surface area contributed by atoms with E-state index in [1.807, 2.05) is 6.92 Å². The molecular formula is C25H43N3O6SSi. The topological polar surface area (TPSA) is 105 Å². The summed E-state index contributed by atoms with van der Waals surface area (Å²) in [5, 5.41) is 2.94. The highest BCUT2D eigenvalue weighted by molar-refractivity contribution is 8.14. The van der Waals surface area contributed by atoms with Crippen molar-refractivity contribution < 1.29 is 28.3 Å². The van der Waals surface area contributed by atoms with Crippen LogP contribution in [0.2, 0.25) is 18.1 Å². The molecule has 1 N–H and O–H groups in total. The summed E-state index contributed by atoms with van der Waals surface area (Å²) in [4.78, 5) is 54.1. The van der Waals surface area contributed by atoms with Crippen molar-refractivity contribution in [3.8, 4) is 0 Å². The number of β-lactam (4-membered cyclic amide) rings is 1. The maximum absolute atomic E-state index is 13.3. The number of imide groups is 1. The summed E-state index contributed by atoms with van der Waals surface area (Å²) in [6.07, 6.45) is 0.746. The van der Waals surface area contributed by atoms with Gasteiger partial charge in [0.1, 0.15) is 6.61 Å². The van der Waals surface area contributed by atoms with Crippen LogP contribution in [0.15, 0.2) is 12.7 Å². The minimum absolute atomic E-state index is 0.0176. The number of hydrogen-bond acceptors (Lipinski definition) is 8. The molecule has 0 saturated carbocycles. The fourth-order valence-electron chi connectivity index (χ4n) is 4.38. The Morgan fingerprint density at radius 1 is 1.28 bits per heavy atom. The lowest BCUT2D eigenvalue weighted by molar-refractivity contribution is -0.163. The number of ether oxygens (including phenoxy) is 1. The van der Waals surface area contributed by atoms with Crippen molar-refractivity contribution >= 4 is 43.1 Å². The third-order valence-corrected chi connectivity index (χ3v) is 13.4. The van der Waals surface area contributed by atoms with Crippen LogP contribution in [0.4, 0.5) is 4.79 Å². The summed E-state index contributed by atoms with van der Waals surface area (Å²) in [5.41, 5.74) is 0. The van der Waals surface area contributed by atoms with Crippen molar-refractivity contribution in [3.05, 3.63) is 12.7 Å². The molecule has 2 heterocycles. The third kappa shape index (κ3) is 6.59. The van der Waals surface area contributed by atoms with Gasteiger partial charge in [-0.3, -0.25) is 14.4 Å².